The zero-order valence-corrected chi connectivity index (χ0v) is 17.7. The Bertz CT molecular complexity index is 888. The van der Waals surface area contributed by atoms with E-state index in [1.165, 1.54) is 18.2 Å². The van der Waals surface area contributed by atoms with Crippen molar-refractivity contribution in [3.8, 4) is 0 Å². The average molecular weight is 450 g/mol. The number of amides is 3. The molecule has 1 aromatic carbocycles. The molecule has 2 fully saturated rings. The van der Waals surface area contributed by atoms with E-state index >= 15 is 0 Å². The molecule has 9 heteroatoms. The highest BCUT2D eigenvalue weighted by Gasteiger charge is 2.32. The van der Waals surface area contributed by atoms with Gasteiger partial charge in [-0.3, -0.25) is 14.4 Å². The van der Waals surface area contributed by atoms with Crippen molar-refractivity contribution >= 4 is 41.7 Å². The Kier molecular flexibility index (Phi) is 7.79. The summed E-state index contributed by atoms with van der Waals surface area (Å²) in [4.78, 5) is 48.3. The molecule has 7 nitrogen and oxygen atoms in total. The van der Waals surface area contributed by atoms with E-state index < -0.39 is 29.7 Å². The van der Waals surface area contributed by atoms with E-state index in [-0.39, 0.29) is 28.8 Å². The summed E-state index contributed by atoms with van der Waals surface area (Å²) in [7, 11) is 0. The van der Waals surface area contributed by atoms with Crippen LogP contribution >= 0.6 is 11.6 Å². The summed E-state index contributed by atoms with van der Waals surface area (Å²) in [5, 5.41) is 8.23. The lowest BCUT2D eigenvalue weighted by Gasteiger charge is -2.21. The van der Waals surface area contributed by atoms with Gasteiger partial charge in [-0.2, -0.15) is 0 Å². The number of rotatable bonds is 10. The third kappa shape index (κ3) is 6.89. The van der Waals surface area contributed by atoms with E-state index in [0.29, 0.717) is 31.6 Å². The Morgan fingerprint density at radius 2 is 2.00 bits per heavy atom. The highest BCUT2D eigenvalue weighted by atomic mass is 35.5. The van der Waals surface area contributed by atoms with Crippen molar-refractivity contribution in [2.45, 2.75) is 44.2 Å². The van der Waals surface area contributed by atoms with Gasteiger partial charge in [0.1, 0.15) is 18.1 Å². The normalized spacial score (nSPS) is 20.2. The van der Waals surface area contributed by atoms with Crippen molar-refractivity contribution in [2.75, 3.05) is 6.54 Å². The summed E-state index contributed by atoms with van der Waals surface area (Å²) < 4.78 is 13.9. The Labute approximate surface area is 184 Å². The van der Waals surface area contributed by atoms with Crippen LogP contribution in [0.3, 0.4) is 0 Å². The molecule has 31 heavy (non-hydrogen) atoms. The summed E-state index contributed by atoms with van der Waals surface area (Å²) in [6, 6.07) is 2.48. The van der Waals surface area contributed by atoms with Crippen LogP contribution in [0.5, 0.6) is 0 Å². The van der Waals surface area contributed by atoms with E-state index in [2.05, 4.69) is 16.0 Å². The molecule has 2 aliphatic rings. The maximum absolute atomic E-state index is 13.9. The number of aldehydes is 1. The van der Waals surface area contributed by atoms with Crippen LogP contribution in [0.15, 0.2) is 24.3 Å². The molecule has 3 atom stereocenters. The fourth-order valence-corrected chi connectivity index (χ4v) is 3.71. The molecule has 0 radical (unpaired) electrons. The van der Waals surface area contributed by atoms with Crippen molar-refractivity contribution in [3.63, 3.8) is 0 Å². The number of carbonyl (C=O) groups is 4. The molecule has 2 unspecified atom stereocenters. The van der Waals surface area contributed by atoms with Gasteiger partial charge in [-0.05, 0) is 43.4 Å². The maximum Gasteiger partial charge on any atom is 0.244 e. The quantitative estimate of drug-likeness (QED) is 0.375. The SMILES string of the molecule is O=CC(CC1CCNC1=O)NC(=O)[C@H](CC1CC1)NC(=O)/C=C/c1ccc(Cl)cc1F. The average Bonchev–Trinajstić information content (AvgIpc) is 3.46. The third-order valence-corrected chi connectivity index (χ3v) is 5.70. The Hall–Kier alpha value is -2.74. The molecule has 0 spiro atoms. The minimum absolute atomic E-state index is 0.122. The molecule has 0 aromatic heterocycles. The van der Waals surface area contributed by atoms with Crippen LogP contribution in [-0.4, -0.2) is 42.6 Å². The fourth-order valence-electron chi connectivity index (χ4n) is 3.55. The number of hydrogen-bond donors (Lipinski definition) is 3. The first-order valence-electron chi connectivity index (χ1n) is 10.3. The van der Waals surface area contributed by atoms with Crippen LogP contribution in [0.2, 0.25) is 5.02 Å². The van der Waals surface area contributed by atoms with Gasteiger partial charge in [0.05, 0.1) is 6.04 Å². The Balaban J connectivity index is 1.59. The molecule has 166 valence electrons. The van der Waals surface area contributed by atoms with Gasteiger partial charge in [0.25, 0.3) is 0 Å². The number of benzene rings is 1. The number of hydrogen-bond acceptors (Lipinski definition) is 4. The monoisotopic (exact) mass is 449 g/mol. The molecule has 1 saturated heterocycles. The van der Waals surface area contributed by atoms with Gasteiger partial charge in [-0.15, -0.1) is 0 Å². The fraction of sp³-hybridized carbons (Fsp3) is 0.455. The zero-order chi connectivity index (χ0) is 22.4. The Morgan fingerprint density at radius 1 is 1.23 bits per heavy atom. The van der Waals surface area contributed by atoms with E-state index in [9.17, 15) is 23.6 Å². The van der Waals surface area contributed by atoms with Crippen molar-refractivity contribution in [2.24, 2.45) is 11.8 Å². The van der Waals surface area contributed by atoms with Gasteiger partial charge in [-0.25, -0.2) is 4.39 Å². The maximum atomic E-state index is 13.9. The molecule has 0 bridgehead atoms. The second-order valence-electron chi connectivity index (χ2n) is 8.00. The lowest BCUT2D eigenvalue weighted by atomic mass is 9.98. The number of nitrogens with one attached hydrogen (secondary N) is 3. The number of carbonyl (C=O) groups excluding carboxylic acids is 4. The van der Waals surface area contributed by atoms with E-state index in [1.54, 1.807) is 0 Å². The molecular formula is C22H25ClFN3O4. The van der Waals surface area contributed by atoms with E-state index in [4.69, 9.17) is 11.6 Å². The Morgan fingerprint density at radius 3 is 2.61 bits per heavy atom. The second kappa shape index (κ2) is 10.5. The number of halogens is 2. The molecule has 1 aliphatic heterocycles. The molecule has 1 heterocycles. The third-order valence-electron chi connectivity index (χ3n) is 5.47. The predicted octanol–water partition coefficient (Wildman–Crippen LogP) is 1.99. The van der Waals surface area contributed by atoms with Gasteiger partial charge in [0.15, 0.2) is 0 Å². The van der Waals surface area contributed by atoms with Gasteiger partial charge in [0, 0.05) is 29.1 Å². The van der Waals surface area contributed by atoms with Crippen molar-refractivity contribution in [1.82, 2.24) is 16.0 Å². The largest absolute Gasteiger partial charge is 0.356 e. The molecule has 3 rings (SSSR count). The molecule has 1 aliphatic carbocycles. The first kappa shape index (κ1) is 22.9. The first-order valence-corrected chi connectivity index (χ1v) is 10.7. The van der Waals surface area contributed by atoms with Crippen LogP contribution < -0.4 is 16.0 Å². The van der Waals surface area contributed by atoms with Crippen LogP contribution in [0, 0.1) is 17.7 Å². The lowest BCUT2D eigenvalue weighted by Crippen LogP contribution is -2.50. The second-order valence-corrected chi connectivity index (χ2v) is 8.44. The minimum Gasteiger partial charge on any atom is -0.356 e. The van der Waals surface area contributed by atoms with Crippen LogP contribution in [0.1, 0.15) is 37.7 Å². The van der Waals surface area contributed by atoms with Crippen LogP contribution in [0.4, 0.5) is 4.39 Å². The van der Waals surface area contributed by atoms with Crippen molar-refractivity contribution in [3.05, 3.63) is 40.7 Å². The van der Waals surface area contributed by atoms with E-state index in [1.807, 2.05) is 0 Å². The minimum atomic E-state index is -0.820. The van der Waals surface area contributed by atoms with Crippen molar-refractivity contribution in [1.29, 1.82) is 0 Å². The zero-order valence-electron chi connectivity index (χ0n) is 16.9. The van der Waals surface area contributed by atoms with E-state index in [0.717, 1.165) is 25.0 Å². The predicted molar refractivity (Wildman–Crippen MR) is 113 cm³/mol. The molecule has 1 saturated carbocycles. The first-order chi connectivity index (χ1) is 14.9. The molecule has 3 N–H and O–H groups in total. The van der Waals surface area contributed by atoms with Crippen LogP contribution in [-0.2, 0) is 19.2 Å². The van der Waals surface area contributed by atoms with Gasteiger partial charge in [0.2, 0.25) is 17.7 Å². The highest BCUT2D eigenvalue weighted by Crippen LogP contribution is 2.33. The molecular weight excluding hydrogens is 425 g/mol. The summed E-state index contributed by atoms with van der Waals surface area (Å²) in [5.74, 6) is -1.68. The van der Waals surface area contributed by atoms with Gasteiger partial charge >= 0.3 is 0 Å². The molecule has 1 aromatic rings. The topological polar surface area (TPSA) is 104 Å². The van der Waals surface area contributed by atoms with Gasteiger partial charge in [-0.1, -0.05) is 30.5 Å². The molecule has 3 amide bonds. The summed E-state index contributed by atoms with van der Waals surface area (Å²) in [6.07, 6.45) is 6.32. The summed E-state index contributed by atoms with van der Waals surface area (Å²) in [6.45, 7) is 0.559. The lowest BCUT2D eigenvalue weighted by molar-refractivity contribution is -0.129. The van der Waals surface area contributed by atoms with Crippen molar-refractivity contribution < 1.29 is 23.6 Å². The smallest absolute Gasteiger partial charge is 0.244 e. The van der Waals surface area contributed by atoms with Crippen LogP contribution in [0.25, 0.3) is 6.08 Å². The summed E-state index contributed by atoms with van der Waals surface area (Å²) in [5.41, 5.74) is 0.193. The highest BCUT2D eigenvalue weighted by molar-refractivity contribution is 6.30. The van der Waals surface area contributed by atoms with Gasteiger partial charge < -0.3 is 20.7 Å². The standard InChI is InChI=1S/C22H25ClFN3O4/c23-16-5-3-14(18(24)11-16)4-6-20(29)27-19(9-13-1-2-13)22(31)26-17(12-28)10-15-7-8-25-21(15)30/h3-6,11-13,15,17,19H,1-2,7-10H2,(H,25,30)(H,26,31)(H,27,29)/b6-4+/t15?,17?,19-/m0/s1. The summed E-state index contributed by atoms with van der Waals surface area (Å²) >= 11 is 5.72.